The first-order valence-corrected chi connectivity index (χ1v) is 10.3. The first-order chi connectivity index (χ1) is 13.1. The summed E-state index contributed by atoms with van der Waals surface area (Å²) in [5.74, 6) is 2.33. The highest BCUT2D eigenvalue weighted by Crippen LogP contribution is 2.28. The third-order valence-electron chi connectivity index (χ3n) is 6.25. The summed E-state index contributed by atoms with van der Waals surface area (Å²) in [6.07, 6.45) is 4.70. The number of aromatic amines is 1. The summed E-state index contributed by atoms with van der Waals surface area (Å²) in [4.78, 5) is 34.1. The number of aromatic nitrogens is 3. The lowest BCUT2D eigenvalue weighted by molar-refractivity contribution is -0.140. The summed E-state index contributed by atoms with van der Waals surface area (Å²) in [7, 11) is 0. The van der Waals surface area contributed by atoms with Crippen LogP contribution in [0.15, 0.2) is 0 Å². The molecule has 1 aromatic rings. The van der Waals surface area contributed by atoms with Gasteiger partial charge < -0.3 is 15.1 Å². The van der Waals surface area contributed by atoms with Crippen LogP contribution in [0.25, 0.3) is 0 Å². The second-order valence-corrected chi connectivity index (χ2v) is 8.20. The summed E-state index contributed by atoms with van der Waals surface area (Å²) < 4.78 is 0. The van der Waals surface area contributed by atoms with Gasteiger partial charge in [-0.2, -0.15) is 5.10 Å². The fraction of sp³-hybridized carbons (Fsp3) is 0.789. The maximum Gasteiger partial charge on any atom is 0.226 e. The number of rotatable bonds is 3. The molecule has 0 aromatic carbocycles. The van der Waals surface area contributed by atoms with Gasteiger partial charge in [-0.3, -0.25) is 14.7 Å². The van der Waals surface area contributed by atoms with Crippen LogP contribution in [-0.2, 0) is 9.59 Å². The van der Waals surface area contributed by atoms with Crippen molar-refractivity contribution >= 4 is 11.8 Å². The van der Waals surface area contributed by atoms with Gasteiger partial charge in [-0.1, -0.05) is 0 Å². The van der Waals surface area contributed by atoms with Crippen molar-refractivity contribution in [3.05, 3.63) is 11.6 Å². The maximum atomic E-state index is 13.0. The molecule has 0 saturated carbocycles. The van der Waals surface area contributed by atoms with E-state index < -0.39 is 0 Å². The largest absolute Gasteiger partial charge is 0.342 e. The minimum atomic E-state index is -0.0855. The van der Waals surface area contributed by atoms with Crippen LogP contribution in [0.3, 0.4) is 0 Å². The van der Waals surface area contributed by atoms with Crippen LogP contribution in [0.1, 0.15) is 49.7 Å². The first-order valence-electron chi connectivity index (χ1n) is 10.3. The Labute approximate surface area is 160 Å². The van der Waals surface area contributed by atoms with E-state index in [4.69, 9.17) is 0 Å². The Hall–Kier alpha value is -1.96. The average molecular weight is 374 g/mol. The minimum absolute atomic E-state index is 0.0560. The predicted molar refractivity (Wildman–Crippen MR) is 100.0 cm³/mol. The second kappa shape index (κ2) is 7.96. The van der Waals surface area contributed by atoms with Crippen molar-refractivity contribution in [2.75, 3.05) is 39.3 Å². The third kappa shape index (κ3) is 4.00. The lowest BCUT2D eigenvalue weighted by Crippen LogP contribution is -2.50. The van der Waals surface area contributed by atoms with E-state index >= 15 is 0 Å². The molecule has 3 aliphatic rings. The van der Waals surface area contributed by atoms with E-state index in [-0.39, 0.29) is 23.7 Å². The summed E-state index contributed by atoms with van der Waals surface area (Å²) >= 11 is 0. The van der Waals surface area contributed by atoms with Gasteiger partial charge in [0.05, 0.1) is 11.8 Å². The van der Waals surface area contributed by atoms with Gasteiger partial charge in [0.1, 0.15) is 5.82 Å². The highest BCUT2D eigenvalue weighted by molar-refractivity contribution is 5.83. The molecule has 0 radical (unpaired) electrons. The minimum Gasteiger partial charge on any atom is -0.342 e. The van der Waals surface area contributed by atoms with Crippen LogP contribution in [0.4, 0.5) is 0 Å². The molecule has 148 valence electrons. The molecule has 8 nitrogen and oxygen atoms in total. The number of carbonyl (C=O) groups is 2. The Morgan fingerprint density at radius 3 is 2.11 bits per heavy atom. The van der Waals surface area contributed by atoms with Gasteiger partial charge in [-0.25, -0.2) is 4.98 Å². The first kappa shape index (κ1) is 18.4. The van der Waals surface area contributed by atoms with Gasteiger partial charge in [-0.15, -0.1) is 0 Å². The zero-order chi connectivity index (χ0) is 18.8. The van der Waals surface area contributed by atoms with Crippen LogP contribution >= 0.6 is 0 Å². The van der Waals surface area contributed by atoms with Gasteiger partial charge in [0.2, 0.25) is 11.8 Å². The maximum absolute atomic E-state index is 13.0. The molecule has 2 N–H and O–H groups in total. The Bertz CT molecular complexity index is 675. The number of amides is 2. The Balaban J connectivity index is 1.30. The highest BCUT2D eigenvalue weighted by Gasteiger charge is 2.36. The van der Waals surface area contributed by atoms with Crippen molar-refractivity contribution in [1.82, 2.24) is 30.3 Å². The van der Waals surface area contributed by atoms with Crippen molar-refractivity contribution in [1.29, 1.82) is 0 Å². The molecule has 1 aromatic heterocycles. The monoisotopic (exact) mass is 374 g/mol. The molecule has 0 unspecified atom stereocenters. The molecule has 2 atom stereocenters. The average Bonchev–Trinajstić information content (AvgIpc) is 3.39. The number of hydrogen-bond donors (Lipinski definition) is 2. The van der Waals surface area contributed by atoms with Crippen LogP contribution in [0.5, 0.6) is 0 Å². The molecule has 3 fully saturated rings. The number of likely N-dealkylation sites (tertiary alicyclic amines) is 2. The lowest BCUT2D eigenvalue weighted by atomic mass is 9.87. The number of nitrogens with zero attached hydrogens (tertiary/aromatic N) is 4. The number of aryl methyl sites for hydroxylation is 1. The number of nitrogens with one attached hydrogen (secondary N) is 2. The third-order valence-corrected chi connectivity index (χ3v) is 6.25. The zero-order valence-electron chi connectivity index (χ0n) is 16.1. The molecule has 2 amide bonds. The van der Waals surface area contributed by atoms with E-state index in [9.17, 15) is 9.59 Å². The van der Waals surface area contributed by atoms with Crippen molar-refractivity contribution in [2.45, 2.75) is 44.9 Å². The zero-order valence-corrected chi connectivity index (χ0v) is 16.1. The predicted octanol–water partition coefficient (Wildman–Crippen LogP) is 0.667. The van der Waals surface area contributed by atoms with Crippen molar-refractivity contribution in [2.24, 2.45) is 11.8 Å². The fourth-order valence-corrected chi connectivity index (χ4v) is 4.67. The summed E-state index contributed by atoms with van der Waals surface area (Å²) in [5.41, 5.74) is 0. The van der Waals surface area contributed by atoms with Crippen molar-refractivity contribution < 1.29 is 9.59 Å². The summed E-state index contributed by atoms with van der Waals surface area (Å²) in [6, 6.07) is 0. The van der Waals surface area contributed by atoms with E-state index in [0.717, 1.165) is 63.5 Å². The molecule has 0 bridgehead atoms. The molecule has 27 heavy (non-hydrogen) atoms. The molecule has 8 heteroatoms. The number of carbonyl (C=O) groups excluding carboxylic acids is 2. The van der Waals surface area contributed by atoms with Gasteiger partial charge in [0, 0.05) is 45.2 Å². The van der Waals surface area contributed by atoms with E-state index in [2.05, 4.69) is 20.5 Å². The van der Waals surface area contributed by atoms with Gasteiger partial charge in [-0.05, 0) is 39.0 Å². The summed E-state index contributed by atoms with van der Waals surface area (Å²) in [5, 5.41) is 10.5. The smallest absolute Gasteiger partial charge is 0.226 e. The molecule has 4 rings (SSSR count). The molecule has 3 aliphatic heterocycles. The van der Waals surface area contributed by atoms with E-state index in [1.807, 2.05) is 16.7 Å². The number of piperidine rings is 2. The van der Waals surface area contributed by atoms with Gasteiger partial charge >= 0.3 is 0 Å². The van der Waals surface area contributed by atoms with Crippen LogP contribution in [0, 0.1) is 18.8 Å². The van der Waals surface area contributed by atoms with Crippen LogP contribution in [-0.4, -0.2) is 76.1 Å². The second-order valence-electron chi connectivity index (χ2n) is 8.20. The van der Waals surface area contributed by atoms with E-state index in [1.165, 1.54) is 0 Å². The molecular weight excluding hydrogens is 344 g/mol. The molecule has 0 spiro atoms. The fourth-order valence-electron chi connectivity index (χ4n) is 4.67. The normalized spacial score (nSPS) is 27.1. The molecule has 4 heterocycles. The van der Waals surface area contributed by atoms with Crippen LogP contribution in [0.2, 0.25) is 0 Å². The standard InChI is InChI=1S/C19H30N6O2/c1-13-21-17(23-22-13)14-4-8-25(9-5-14)19(27)16-10-15(11-20-12-16)18(26)24-6-2-3-7-24/h14-16,20H,2-12H2,1H3,(H,21,22,23)/t15-,16-/m1/s1. The van der Waals surface area contributed by atoms with E-state index in [0.29, 0.717) is 25.4 Å². The molecule has 0 aliphatic carbocycles. The number of hydrogen-bond acceptors (Lipinski definition) is 5. The Morgan fingerprint density at radius 1 is 0.963 bits per heavy atom. The van der Waals surface area contributed by atoms with Crippen molar-refractivity contribution in [3.63, 3.8) is 0 Å². The lowest BCUT2D eigenvalue weighted by Gasteiger charge is -2.36. The topological polar surface area (TPSA) is 94.2 Å². The van der Waals surface area contributed by atoms with Crippen LogP contribution < -0.4 is 5.32 Å². The Kier molecular flexibility index (Phi) is 5.43. The van der Waals surface area contributed by atoms with Crippen molar-refractivity contribution in [3.8, 4) is 0 Å². The molecular formula is C19H30N6O2. The van der Waals surface area contributed by atoms with Gasteiger partial charge in [0.15, 0.2) is 5.82 Å². The Morgan fingerprint density at radius 2 is 1.56 bits per heavy atom. The number of H-pyrrole nitrogens is 1. The van der Waals surface area contributed by atoms with E-state index in [1.54, 1.807) is 0 Å². The van der Waals surface area contributed by atoms with Gasteiger partial charge in [0.25, 0.3) is 0 Å². The SMILES string of the molecule is Cc1nc(C2CCN(C(=O)[C@H]3CNC[C@H](C(=O)N4CCCC4)C3)CC2)n[nH]1. The quantitative estimate of drug-likeness (QED) is 0.811. The molecule has 3 saturated heterocycles. The summed E-state index contributed by atoms with van der Waals surface area (Å²) in [6.45, 7) is 6.54. The highest BCUT2D eigenvalue weighted by atomic mass is 16.2.